The normalized spacial score (nSPS) is 9.57. The molecule has 74 valence electrons. The van der Waals surface area contributed by atoms with Crippen molar-refractivity contribution in [1.82, 2.24) is 4.98 Å². The van der Waals surface area contributed by atoms with E-state index < -0.39 is 11.2 Å². The van der Waals surface area contributed by atoms with Gasteiger partial charge in [-0.3, -0.25) is 4.79 Å². The first-order valence-corrected chi connectivity index (χ1v) is 4.36. The molecule has 0 aliphatic carbocycles. The van der Waals surface area contributed by atoms with Crippen LogP contribution in [0.15, 0.2) is 18.3 Å². The number of esters is 1. The Kier molecular flexibility index (Phi) is 3.59. The summed E-state index contributed by atoms with van der Waals surface area (Å²) in [6.45, 7) is 1.99. The third-order valence-electron chi connectivity index (χ3n) is 1.48. The zero-order chi connectivity index (χ0) is 10.6. The van der Waals surface area contributed by atoms with Crippen LogP contribution < -0.4 is 0 Å². The smallest absolute Gasteiger partial charge is 0.356 e. The molecule has 0 aliphatic heterocycles. The Labute approximate surface area is 85.9 Å². The van der Waals surface area contributed by atoms with Crippen LogP contribution in [0.5, 0.6) is 0 Å². The van der Waals surface area contributed by atoms with Crippen molar-refractivity contribution in [2.75, 3.05) is 6.61 Å². The number of carbonyl (C=O) groups is 2. The average molecular weight is 214 g/mol. The van der Waals surface area contributed by atoms with Gasteiger partial charge in [-0.05, 0) is 30.7 Å². The molecule has 14 heavy (non-hydrogen) atoms. The van der Waals surface area contributed by atoms with Crippen LogP contribution in [0.25, 0.3) is 0 Å². The lowest BCUT2D eigenvalue weighted by molar-refractivity contribution is 0.0519. The zero-order valence-electron chi connectivity index (χ0n) is 7.49. The predicted octanol–water partition coefficient (Wildman–Crippen LogP) is 1.64. The van der Waals surface area contributed by atoms with E-state index in [9.17, 15) is 9.59 Å². The maximum atomic E-state index is 11.1. The first kappa shape index (κ1) is 10.7. The molecule has 1 heterocycles. The molecule has 0 aromatic carbocycles. The van der Waals surface area contributed by atoms with Crippen molar-refractivity contribution < 1.29 is 14.3 Å². The highest BCUT2D eigenvalue weighted by Gasteiger charge is 2.08. The largest absolute Gasteiger partial charge is 0.461 e. The summed E-state index contributed by atoms with van der Waals surface area (Å²) in [5.41, 5.74) is 0.410. The van der Waals surface area contributed by atoms with Crippen molar-refractivity contribution in [2.24, 2.45) is 0 Å². The fourth-order valence-corrected chi connectivity index (χ4v) is 0.948. The van der Waals surface area contributed by atoms with Crippen molar-refractivity contribution >= 4 is 22.8 Å². The van der Waals surface area contributed by atoms with Gasteiger partial charge in [0, 0.05) is 6.20 Å². The van der Waals surface area contributed by atoms with Crippen molar-refractivity contribution in [1.29, 1.82) is 0 Å². The van der Waals surface area contributed by atoms with Gasteiger partial charge in [0.05, 0.1) is 12.2 Å². The Balaban J connectivity index is 2.83. The molecule has 4 nitrogen and oxygen atoms in total. The van der Waals surface area contributed by atoms with Crippen molar-refractivity contribution in [3.8, 4) is 0 Å². The van der Waals surface area contributed by atoms with Gasteiger partial charge in [0.1, 0.15) is 5.69 Å². The number of nitrogens with zero attached hydrogens (tertiary/aromatic N) is 1. The Morgan fingerprint density at radius 1 is 1.50 bits per heavy atom. The second-order valence-corrected chi connectivity index (χ2v) is 2.77. The SMILES string of the molecule is CCOC(=O)c1ccc(C(=O)Cl)cn1. The highest BCUT2D eigenvalue weighted by Crippen LogP contribution is 2.04. The van der Waals surface area contributed by atoms with Gasteiger partial charge in [0.15, 0.2) is 0 Å². The summed E-state index contributed by atoms with van der Waals surface area (Å²) in [6.07, 6.45) is 1.24. The van der Waals surface area contributed by atoms with Gasteiger partial charge in [-0.15, -0.1) is 0 Å². The van der Waals surface area contributed by atoms with Crippen molar-refractivity contribution in [2.45, 2.75) is 6.92 Å². The van der Waals surface area contributed by atoms with E-state index in [4.69, 9.17) is 16.3 Å². The molecular weight excluding hydrogens is 206 g/mol. The van der Waals surface area contributed by atoms with Gasteiger partial charge in [0.2, 0.25) is 0 Å². The third kappa shape index (κ3) is 2.53. The topological polar surface area (TPSA) is 56.3 Å². The minimum absolute atomic E-state index is 0.161. The minimum Gasteiger partial charge on any atom is -0.461 e. The molecule has 0 amide bonds. The molecule has 0 bridgehead atoms. The molecule has 0 fully saturated rings. The fourth-order valence-electron chi connectivity index (χ4n) is 0.836. The van der Waals surface area contributed by atoms with E-state index >= 15 is 0 Å². The number of halogens is 1. The molecule has 0 aliphatic rings. The molecule has 5 heteroatoms. The average Bonchev–Trinajstić information content (AvgIpc) is 2.18. The molecule has 0 spiro atoms. The van der Waals surface area contributed by atoms with E-state index in [2.05, 4.69) is 4.98 Å². The second-order valence-electron chi connectivity index (χ2n) is 2.43. The molecule has 1 rings (SSSR count). The lowest BCUT2D eigenvalue weighted by atomic mass is 10.3. The number of hydrogen-bond acceptors (Lipinski definition) is 4. The van der Waals surface area contributed by atoms with Gasteiger partial charge in [-0.25, -0.2) is 9.78 Å². The van der Waals surface area contributed by atoms with E-state index in [1.165, 1.54) is 18.3 Å². The quantitative estimate of drug-likeness (QED) is 0.566. The van der Waals surface area contributed by atoms with Crippen molar-refractivity contribution in [3.63, 3.8) is 0 Å². The van der Waals surface area contributed by atoms with E-state index in [-0.39, 0.29) is 17.9 Å². The Morgan fingerprint density at radius 3 is 2.64 bits per heavy atom. The summed E-state index contributed by atoms with van der Waals surface area (Å²) >= 11 is 5.20. The number of carbonyl (C=O) groups excluding carboxylic acids is 2. The van der Waals surface area contributed by atoms with E-state index in [0.29, 0.717) is 0 Å². The Bertz CT molecular complexity index is 348. The molecule has 0 radical (unpaired) electrons. The molecule has 0 atom stereocenters. The molecule has 0 saturated heterocycles. The van der Waals surface area contributed by atoms with Crippen LogP contribution in [-0.2, 0) is 4.74 Å². The maximum absolute atomic E-state index is 11.1. The first-order chi connectivity index (χ1) is 6.65. The maximum Gasteiger partial charge on any atom is 0.356 e. The molecule has 0 saturated carbocycles. The summed E-state index contributed by atoms with van der Waals surface area (Å²) < 4.78 is 4.71. The Hall–Kier alpha value is -1.42. The summed E-state index contributed by atoms with van der Waals surface area (Å²) in [5.74, 6) is -0.513. The third-order valence-corrected chi connectivity index (χ3v) is 1.69. The van der Waals surface area contributed by atoms with Crippen LogP contribution in [0.2, 0.25) is 0 Å². The highest BCUT2D eigenvalue weighted by molar-refractivity contribution is 6.67. The van der Waals surface area contributed by atoms with E-state index in [0.717, 1.165) is 0 Å². The number of ether oxygens (including phenoxy) is 1. The summed E-state index contributed by atoms with van der Waals surface area (Å²) in [6, 6.07) is 2.82. The van der Waals surface area contributed by atoms with Crippen LogP contribution in [0.4, 0.5) is 0 Å². The summed E-state index contributed by atoms with van der Waals surface area (Å²) in [5, 5.41) is -0.604. The zero-order valence-corrected chi connectivity index (χ0v) is 8.25. The Morgan fingerprint density at radius 2 is 2.21 bits per heavy atom. The molecule has 1 aromatic rings. The fraction of sp³-hybridized carbons (Fsp3) is 0.222. The van der Waals surface area contributed by atoms with Crippen LogP contribution >= 0.6 is 11.6 Å². The van der Waals surface area contributed by atoms with Gasteiger partial charge >= 0.3 is 5.97 Å². The molecule has 0 unspecified atom stereocenters. The summed E-state index contributed by atoms with van der Waals surface area (Å²) in [4.78, 5) is 25.5. The standard InChI is InChI=1S/C9H8ClNO3/c1-2-14-9(13)7-4-3-6(5-11-7)8(10)12/h3-5H,2H2,1H3. The number of rotatable bonds is 3. The number of hydrogen-bond donors (Lipinski definition) is 0. The van der Waals surface area contributed by atoms with Crippen LogP contribution in [0.1, 0.15) is 27.8 Å². The minimum atomic E-state index is -0.604. The monoisotopic (exact) mass is 213 g/mol. The lowest BCUT2D eigenvalue weighted by Gasteiger charge is -2.00. The molecule has 0 N–H and O–H groups in total. The van der Waals surface area contributed by atoms with Gasteiger partial charge in [-0.2, -0.15) is 0 Å². The van der Waals surface area contributed by atoms with E-state index in [1.807, 2.05) is 0 Å². The molecular formula is C9H8ClNO3. The van der Waals surface area contributed by atoms with Crippen LogP contribution in [0, 0.1) is 0 Å². The highest BCUT2D eigenvalue weighted by atomic mass is 35.5. The van der Waals surface area contributed by atoms with E-state index in [1.54, 1.807) is 6.92 Å². The first-order valence-electron chi connectivity index (χ1n) is 3.98. The predicted molar refractivity (Wildman–Crippen MR) is 50.4 cm³/mol. The van der Waals surface area contributed by atoms with Crippen molar-refractivity contribution in [3.05, 3.63) is 29.6 Å². The second kappa shape index (κ2) is 4.72. The summed E-state index contributed by atoms with van der Waals surface area (Å²) in [7, 11) is 0. The number of pyridine rings is 1. The van der Waals surface area contributed by atoms with Crippen LogP contribution in [-0.4, -0.2) is 22.8 Å². The van der Waals surface area contributed by atoms with Gasteiger partial charge in [-0.1, -0.05) is 0 Å². The molecule has 1 aromatic heterocycles. The van der Waals surface area contributed by atoms with Gasteiger partial charge < -0.3 is 4.74 Å². The van der Waals surface area contributed by atoms with Crippen LogP contribution in [0.3, 0.4) is 0 Å². The number of aromatic nitrogens is 1. The van der Waals surface area contributed by atoms with Gasteiger partial charge in [0.25, 0.3) is 5.24 Å². The lowest BCUT2D eigenvalue weighted by Crippen LogP contribution is -2.07.